The predicted octanol–water partition coefficient (Wildman–Crippen LogP) is 4.35. The number of fused-ring (bicyclic) bond motifs is 1. The first-order valence-corrected chi connectivity index (χ1v) is 13.2. The maximum absolute atomic E-state index is 12.7. The van der Waals surface area contributed by atoms with Gasteiger partial charge < -0.3 is 9.30 Å². The van der Waals surface area contributed by atoms with Gasteiger partial charge in [0.2, 0.25) is 0 Å². The maximum Gasteiger partial charge on any atom is 0.338 e. The fourth-order valence-corrected chi connectivity index (χ4v) is 4.57. The van der Waals surface area contributed by atoms with Crippen molar-refractivity contribution < 1.29 is 22.7 Å². The molecule has 0 atom stereocenters. The number of esters is 1. The summed E-state index contributed by atoms with van der Waals surface area (Å²) in [6.07, 6.45) is 1.39. The van der Waals surface area contributed by atoms with Crippen molar-refractivity contribution in [2.24, 2.45) is 0 Å². The maximum atomic E-state index is 12.7. The fraction of sp³-hybridized carbons (Fsp3) is 0.154. The molecule has 4 aromatic rings. The van der Waals surface area contributed by atoms with E-state index in [4.69, 9.17) is 16.3 Å². The first-order valence-electron chi connectivity index (χ1n) is 11.3. The van der Waals surface area contributed by atoms with Crippen LogP contribution in [-0.4, -0.2) is 41.4 Å². The lowest BCUT2D eigenvalue weighted by molar-refractivity contribution is 0.0526. The number of imidazole rings is 1. The van der Waals surface area contributed by atoms with Gasteiger partial charge in [-0.05, 0) is 55.3 Å². The van der Waals surface area contributed by atoms with E-state index in [1.165, 1.54) is 18.2 Å². The second kappa shape index (κ2) is 10.9. The molecular weight excluding hydrogens is 516 g/mol. The third-order valence-electron chi connectivity index (χ3n) is 5.38. The van der Waals surface area contributed by atoms with Crippen LogP contribution in [0.4, 0.5) is 0 Å². The molecule has 37 heavy (non-hydrogen) atoms. The number of benzene rings is 2. The summed E-state index contributed by atoms with van der Waals surface area (Å²) in [5.41, 5.74) is 2.53. The number of aryl methyl sites for hydroxylation is 1. The Morgan fingerprint density at radius 3 is 2.54 bits per heavy atom. The Labute approximate surface area is 218 Å². The molecule has 1 amide bonds. The van der Waals surface area contributed by atoms with Crippen LogP contribution in [-0.2, 0) is 21.3 Å². The molecule has 0 fully saturated rings. The molecule has 2 aromatic carbocycles. The summed E-state index contributed by atoms with van der Waals surface area (Å²) >= 11 is 6.42. The van der Waals surface area contributed by atoms with Gasteiger partial charge in [-0.25, -0.2) is 27.9 Å². The Hall–Kier alpha value is -4.02. The van der Waals surface area contributed by atoms with Crippen LogP contribution in [0.2, 0.25) is 5.02 Å². The average molecular weight is 539 g/mol. The second-order valence-corrected chi connectivity index (χ2v) is 9.97. The summed E-state index contributed by atoms with van der Waals surface area (Å²) in [6, 6.07) is 16.7. The molecule has 0 saturated carbocycles. The van der Waals surface area contributed by atoms with E-state index in [1.54, 1.807) is 60.9 Å². The Balaban J connectivity index is 1.57. The van der Waals surface area contributed by atoms with Crippen LogP contribution in [0.25, 0.3) is 17.2 Å². The van der Waals surface area contributed by atoms with Crippen molar-refractivity contribution in [2.75, 3.05) is 6.61 Å². The van der Waals surface area contributed by atoms with Gasteiger partial charge in [0, 0.05) is 5.02 Å². The van der Waals surface area contributed by atoms with Crippen molar-refractivity contribution in [3.8, 4) is 0 Å². The lowest BCUT2D eigenvalue weighted by Crippen LogP contribution is -2.29. The van der Waals surface area contributed by atoms with Gasteiger partial charge in [0.05, 0.1) is 24.1 Å². The summed E-state index contributed by atoms with van der Waals surface area (Å²) in [5.74, 6) is -0.725. The highest BCUT2D eigenvalue weighted by Crippen LogP contribution is 2.23. The first kappa shape index (κ1) is 26.1. The summed E-state index contributed by atoms with van der Waals surface area (Å²) in [6.45, 7) is 4.02. The van der Waals surface area contributed by atoms with E-state index in [0.29, 0.717) is 38.7 Å². The van der Waals surface area contributed by atoms with Crippen molar-refractivity contribution in [1.29, 1.82) is 0 Å². The number of ether oxygens (including phenoxy) is 1. The number of hydrogen-bond acceptors (Lipinski definition) is 7. The topological polar surface area (TPSA) is 120 Å². The zero-order valence-electron chi connectivity index (χ0n) is 20.0. The Morgan fingerprint density at radius 2 is 1.84 bits per heavy atom. The molecule has 0 bridgehead atoms. The molecule has 0 aliphatic rings. The Morgan fingerprint density at radius 1 is 1.08 bits per heavy atom. The van der Waals surface area contributed by atoms with Crippen LogP contribution in [0.3, 0.4) is 0 Å². The standard InChI is InChI=1S/C26H23ClN4O5S/c1-3-36-26(33)19-9-10-20(21(27)15-19)16-31-17(2)28-22-11-12-23(29-24(22)31)25(32)30-37(34,35)14-13-18-7-5-4-6-8-18/h4-15H,3,16H2,1-2H3,(H,30,32). The quantitative estimate of drug-likeness (QED) is 0.331. The molecule has 9 nitrogen and oxygen atoms in total. The fourth-order valence-electron chi connectivity index (χ4n) is 3.57. The smallest absolute Gasteiger partial charge is 0.338 e. The van der Waals surface area contributed by atoms with Gasteiger partial charge in [-0.2, -0.15) is 0 Å². The van der Waals surface area contributed by atoms with Crippen molar-refractivity contribution in [3.63, 3.8) is 0 Å². The number of carbonyl (C=O) groups is 2. The monoisotopic (exact) mass is 538 g/mol. The highest BCUT2D eigenvalue weighted by Gasteiger charge is 2.18. The van der Waals surface area contributed by atoms with Crippen molar-refractivity contribution in [2.45, 2.75) is 20.4 Å². The summed E-state index contributed by atoms with van der Waals surface area (Å²) in [5, 5.41) is 1.28. The molecule has 0 saturated heterocycles. The third-order valence-corrected chi connectivity index (χ3v) is 6.70. The van der Waals surface area contributed by atoms with Gasteiger partial charge in [-0.3, -0.25) is 4.79 Å². The molecule has 4 rings (SSSR count). The first-order chi connectivity index (χ1) is 17.7. The highest BCUT2D eigenvalue weighted by molar-refractivity contribution is 7.93. The van der Waals surface area contributed by atoms with Crippen LogP contribution in [0.1, 0.15) is 44.7 Å². The number of nitrogens with zero attached hydrogens (tertiary/aromatic N) is 3. The molecule has 190 valence electrons. The summed E-state index contributed by atoms with van der Waals surface area (Å²) in [4.78, 5) is 33.5. The third kappa shape index (κ3) is 6.22. The molecule has 0 spiro atoms. The summed E-state index contributed by atoms with van der Waals surface area (Å²) in [7, 11) is -4.05. The number of aromatic nitrogens is 3. The van der Waals surface area contributed by atoms with Crippen LogP contribution < -0.4 is 4.72 Å². The van der Waals surface area contributed by atoms with Crippen molar-refractivity contribution >= 4 is 50.7 Å². The summed E-state index contributed by atoms with van der Waals surface area (Å²) < 4.78 is 33.6. The van der Waals surface area contributed by atoms with Gasteiger partial charge in [0.15, 0.2) is 5.65 Å². The van der Waals surface area contributed by atoms with Crippen LogP contribution in [0.15, 0.2) is 66.1 Å². The molecule has 0 radical (unpaired) electrons. The SMILES string of the molecule is CCOC(=O)c1ccc(Cn2c(C)nc3ccc(C(=O)NS(=O)(=O)C=Cc4ccccc4)nc32)c(Cl)c1. The van der Waals surface area contributed by atoms with Crippen molar-refractivity contribution in [3.05, 3.63) is 99.3 Å². The number of amides is 1. The van der Waals surface area contributed by atoms with Crippen LogP contribution >= 0.6 is 11.6 Å². The van der Waals surface area contributed by atoms with E-state index in [1.807, 2.05) is 10.8 Å². The van der Waals surface area contributed by atoms with Crippen molar-refractivity contribution in [1.82, 2.24) is 19.3 Å². The van der Waals surface area contributed by atoms with Gasteiger partial charge in [-0.1, -0.05) is 48.0 Å². The van der Waals surface area contributed by atoms with Crippen LogP contribution in [0, 0.1) is 6.92 Å². The van der Waals surface area contributed by atoms with E-state index >= 15 is 0 Å². The largest absolute Gasteiger partial charge is 0.462 e. The molecular formula is C26H23ClN4O5S. The minimum absolute atomic E-state index is 0.0888. The van der Waals surface area contributed by atoms with E-state index in [-0.39, 0.29) is 18.8 Å². The molecule has 0 aliphatic carbocycles. The van der Waals surface area contributed by atoms with Gasteiger partial charge >= 0.3 is 5.97 Å². The second-order valence-electron chi connectivity index (χ2n) is 8.00. The number of sulfonamides is 1. The van der Waals surface area contributed by atoms with Gasteiger partial charge in [0.25, 0.3) is 15.9 Å². The molecule has 0 unspecified atom stereocenters. The highest BCUT2D eigenvalue weighted by atomic mass is 35.5. The average Bonchev–Trinajstić information content (AvgIpc) is 3.18. The Kier molecular flexibility index (Phi) is 7.70. The molecule has 2 heterocycles. The van der Waals surface area contributed by atoms with E-state index in [2.05, 4.69) is 9.97 Å². The van der Waals surface area contributed by atoms with E-state index < -0.39 is 21.9 Å². The van der Waals surface area contributed by atoms with Gasteiger partial charge in [0.1, 0.15) is 17.0 Å². The zero-order chi connectivity index (χ0) is 26.6. The van der Waals surface area contributed by atoms with Gasteiger partial charge in [-0.15, -0.1) is 0 Å². The molecule has 11 heteroatoms. The number of nitrogens with one attached hydrogen (secondary N) is 1. The van der Waals surface area contributed by atoms with Crippen LogP contribution in [0.5, 0.6) is 0 Å². The number of carbonyl (C=O) groups excluding carboxylic acids is 2. The number of hydrogen-bond donors (Lipinski definition) is 1. The molecule has 1 N–H and O–H groups in total. The lowest BCUT2D eigenvalue weighted by atomic mass is 10.1. The minimum atomic E-state index is -4.05. The predicted molar refractivity (Wildman–Crippen MR) is 141 cm³/mol. The number of rotatable bonds is 8. The molecule has 0 aliphatic heterocycles. The normalized spacial score (nSPS) is 11.6. The lowest BCUT2D eigenvalue weighted by Gasteiger charge is -2.10. The number of pyridine rings is 1. The molecule has 2 aromatic heterocycles. The zero-order valence-corrected chi connectivity index (χ0v) is 21.6. The van der Waals surface area contributed by atoms with E-state index in [9.17, 15) is 18.0 Å². The Bertz CT molecular complexity index is 1610. The minimum Gasteiger partial charge on any atom is -0.462 e. The number of halogens is 1. The van der Waals surface area contributed by atoms with E-state index in [0.717, 1.165) is 5.41 Å².